The van der Waals surface area contributed by atoms with E-state index in [1.807, 2.05) is 0 Å². The van der Waals surface area contributed by atoms with Crippen LogP contribution in [0.15, 0.2) is 18.2 Å². The van der Waals surface area contributed by atoms with Gasteiger partial charge in [-0.2, -0.15) is 0 Å². The predicted octanol–water partition coefficient (Wildman–Crippen LogP) is 2.37. The number of benzene rings is 1. The highest BCUT2D eigenvalue weighted by molar-refractivity contribution is 5.48. The van der Waals surface area contributed by atoms with Gasteiger partial charge in [-0.1, -0.05) is 0 Å². The molecule has 1 aliphatic heterocycles. The number of non-ortho nitro benzene ring substituents is 1. The maximum Gasteiger partial charge on any atom is 0.273 e. The summed E-state index contributed by atoms with van der Waals surface area (Å²) in [5.74, 6) is 1.58. The van der Waals surface area contributed by atoms with E-state index in [2.05, 4.69) is 5.32 Å². The minimum absolute atomic E-state index is 0.0140. The standard InChI is InChI=1S/C14H20N2O4/c1-19-13-5-4-12(16(17)18)9-14(13)20-8-6-11-3-2-7-15-10-11/h4-5,9,11,15H,2-3,6-8,10H2,1H3. The van der Waals surface area contributed by atoms with Crippen LogP contribution in [0.2, 0.25) is 0 Å². The summed E-state index contributed by atoms with van der Waals surface area (Å²) in [6.07, 6.45) is 3.35. The van der Waals surface area contributed by atoms with Crippen LogP contribution in [0.3, 0.4) is 0 Å². The first-order chi connectivity index (χ1) is 9.70. The van der Waals surface area contributed by atoms with Crippen LogP contribution in [0, 0.1) is 16.0 Å². The molecule has 0 amide bonds. The van der Waals surface area contributed by atoms with Crippen molar-refractivity contribution >= 4 is 5.69 Å². The van der Waals surface area contributed by atoms with Gasteiger partial charge in [-0.3, -0.25) is 10.1 Å². The Kier molecular flexibility index (Phi) is 5.17. The van der Waals surface area contributed by atoms with Crippen molar-refractivity contribution in [2.24, 2.45) is 5.92 Å². The largest absolute Gasteiger partial charge is 0.493 e. The van der Waals surface area contributed by atoms with Crippen molar-refractivity contribution in [2.75, 3.05) is 26.8 Å². The van der Waals surface area contributed by atoms with Gasteiger partial charge in [0, 0.05) is 6.07 Å². The Balaban J connectivity index is 1.93. The van der Waals surface area contributed by atoms with Crippen molar-refractivity contribution in [3.8, 4) is 11.5 Å². The lowest BCUT2D eigenvalue weighted by Gasteiger charge is -2.22. The molecule has 1 saturated heterocycles. The van der Waals surface area contributed by atoms with Gasteiger partial charge in [-0.15, -0.1) is 0 Å². The van der Waals surface area contributed by atoms with E-state index in [1.165, 1.54) is 32.1 Å². The summed E-state index contributed by atoms with van der Waals surface area (Å²) in [6.45, 7) is 2.66. The van der Waals surface area contributed by atoms with E-state index >= 15 is 0 Å². The van der Waals surface area contributed by atoms with Crippen LogP contribution < -0.4 is 14.8 Å². The first-order valence-corrected chi connectivity index (χ1v) is 6.86. The molecule has 0 bridgehead atoms. The maximum atomic E-state index is 10.8. The van der Waals surface area contributed by atoms with Gasteiger partial charge in [0.1, 0.15) is 0 Å². The van der Waals surface area contributed by atoms with E-state index < -0.39 is 4.92 Å². The molecule has 0 radical (unpaired) electrons. The van der Waals surface area contributed by atoms with Crippen LogP contribution >= 0.6 is 0 Å². The van der Waals surface area contributed by atoms with E-state index in [4.69, 9.17) is 9.47 Å². The molecule has 2 rings (SSSR count). The molecule has 1 unspecified atom stereocenters. The molecular weight excluding hydrogens is 260 g/mol. The normalized spacial score (nSPS) is 18.6. The number of piperidine rings is 1. The molecule has 20 heavy (non-hydrogen) atoms. The molecule has 0 saturated carbocycles. The molecule has 0 aromatic heterocycles. The zero-order valence-corrected chi connectivity index (χ0v) is 11.6. The minimum Gasteiger partial charge on any atom is -0.493 e. The lowest BCUT2D eigenvalue weighted by Crippen LogP contribution is -2.30. The molecule has 0 spiro atoms. The quantitative estimate of drug-likeness (QED) is 0.639. The molecular formula is C14H20N2O4. The summed E-state index contributed by atoms with van der Waals surface area (Å²) in [4.78, 5) is 10.3. The van der Waals surface area contributed by atoms with Crippen LogP contribution in [0.4, 0.5) is 5.69 Å². The second-order valence-electron chi connectivity index (χ2n) is 4.94. The fraction of sp³-hybridized carbons (Fsp3) is 0.571. The Bertz CT molecular complexity index is 458. The van der Waals surface area contributed by atoms with Gasteiger partial charge in [0.2, 0.25) is 0 Å². The van der Waals surface area contributed by atoms with Crippen molar-refractivity contribution in [1.82, 2.24) is 5.32 Å². The molecule has 0 aliphatic carbocycles. The Morgan fingerprint density at radius 1 is 1.45 bits per heavy atom. The highest BCUT2D eigenvalue weighted by atomic mass is 16.6. The number of nitrogens with zero attached hydrogens (tertiary/aromatic N) is 1. The molecule has 1 fully saturated rings. The van der Waals surface area contributed by atoms with Gasteiger partial charge in [-0.05, 0) is 44.3 Å². The van der Waals surface area contributed by atoms with E-state index in [-0.39, 0.29) is 5.69 Å². The third kappa shape index (κ3) is 3.84. The van der Waals surface area contributed by atoms with Gasteiger partial charge >= 0.3 is 0 Å². The highest BCUT2D eigenvalue weighted by Crippen LogP contribution is 2.31. The summed E-state index contributed by atoms with van der Waals surface area (Å²) in [5, 5.41) is 14.1. The molecule has 110 valence electrons. The van der Waals surface area contributed by atoms with Crippen LogP contribution in [0.1, 0.15) is 19.3 Å². The summed E-state index contributed by atoms with van der Waals surface area (Å²) in [6, 6.07) is 4.39. The van der Waals surface area contributed by atoms with Gasteiger partial charge in [0.05, 0.1) is 24.7 Å². The second-order valence-corrected chi connectivity index (χ2v) is 4.94. The van der Waals surface area contributed by atoms with E-state index in [0.29, 0.717) is 24.0 Å². The number of hydrogen-bond donors (Lipinski definition) is 1. The molecule has 1 aliphatic rings. The first kappa shape index (κ1) is 14.6. The van der Waals surface area contributed by atoms with Gasteiger partial charge in [0.25, 0.3) is 5.69 Å². The van der Waals surface area contributed by atoms with Crippen LogP contribution in [-0.4, -0.2) is 31.7 Å². The average molecular weight is 280 g/mol. The number of nitrogens with one attached hydrogen (secondary N) is 1. The third-order valence-corrected chi connectivity index (χ3v) is 3.54. The summed E-state index contributed by atoms with van der Waals surface area (Å²) < 4.78 is 10.8. The number of rotatable bonds is 6. The van der Waals surface area contributed by atoms with E-state index in [0.717, 1.165) is 19.5 Å². The van der Waals surface area contributed by atoms with E-state index in [1.54, 1.807) is 6.07 Å². The minimum atomic E-state index is -0.433. The van der Waals surface area contributed by atoms with Crippen molar-refractivity contribution in [1.29, 1.82) is 0 Å². The topological polar surface area (TPSA) is 73.6 Å². The summed E-state index contributed by atoms with van der Waals surface area (Å²) in [5.41, 5.74) is 0.0140. The lowest BCUT2D eigenvalue weighted by molar-refractivity contribution is -0.385. The number of nitro benzene ring substituents is 1. The maximum absolute atomic E-state index is 10.8. The number of hydrogen-bond acceptors (Lipinski definition) is 5. The molecule has 6 heteroatoms. The van der Waals surface area contributed by atoms with Gasteiger partial charge < -0.3 is 14.8 Å². The Morgan fingerprint density at radius 3 is 2.95 bits per heavy atom. The Morgan fingerprint density at radius 2 is 2.30 bits per heavy atom. The zero-order valence-electron chi connectivity index (χ0n) is 11.6. The fourth-order valence-corrected chi connectivity index (χ4v) is 2.40. The molecule has 1 atom stereocenters. The van der Waals surface area contributed by atoms with Gasteiger partial charge in [0.15, 0.2) is 11.5 Å². The second kappa shape index (κ2) is 7.09. The fourth-order valence-electron chi connectivity index (χ4n) is 2.40. The number of ether oxygens (including phenoxy) is 2. The predicted molar refractivity (Wildman–Crippen MR) is 75.4 cm³/mol. The molecule has 6 nitrogen and oxygen atoms in total. The van der Waals surface area contributed by atoms with Crippen LogP contribution in [0.25, 0.3) is 0 Å². The van der Waals surface area contributed by atoms with Crippen LogP contribution in [0.5, 0.6) is 11.5 Å². The molecule has 1 aromatic carbocycles. The van der Waals surface area contributed by atoms with Crippen LogP contribution in [-0.2, 0) is 0 Å². The first-order valence-electron chi connectivity index (χ1n) is 6.86. The van der Waals surface area contributed by atoms with Crippen molar-refractivity contribution in [2.45, 2.75) is 19.3 Å². The zero-order chi connectivity index (χ0) is 14.4. The van der Waals surface area contributed by atoms with Crippen molar-refractivity contribution in [3.05, 3.63) is 28.3 Å². The highest BCUT2D eigenvalue weighted by Gasteiger charge is 2.15. The number of nitro groups is 1. The van der Waals surface area contributed by atoms with Gasteiger partial charge in [-0.25, -0.2) is 0 Å². The molecule has 1 aromatic rings. The monoisotopic (exact) mass is 280 g/mol. The molecule has 1 heterocycles. The molecule has 1 N–H and O–H groups in total. The van der Waals surface area contributed by atoms with E-state index in [9.17, 15) is 10.1 Å². The summed E-state index contributed by atoms with van der Waals surface area (Å²) in [7, 11) is 1.53. The Labute approximate surface area is 118 Å². The lowest BCUT2D eigenvalue weighted by atomic mass is 9.97. The smallest absolute Gasteiger partial charge is 0.273 e. The van der Waals surface area contributed by atoms with Crippen molar-refractivity contribution in [3.63, 3.8) is 0 Å². The Hall–Kier alpha value is -1.82. The number of methoxy groups -OCH3 is 1. The SMILES string of the molecule is COc1ccc([N+](=O)[O-])cc1OCCC1CCCNC1. The third-order valence-electron chi connectivity index (χ3n) is 3.54. The van der Waals surface area contributed by atoms with Crippen molar-refractivity contribution < 1.29 is 14.4 Å². The summed E-state index contributed by atoms with van der Waals surface area (Å²) >= 11 is 0. The average Bonchev–Trinajstić information content (AvgIpc) is 2.48.